The summed E-state index contributed by atoms with van der Waals surface area (Å²) < 4.78 is 3.54. The molecule has 0 aliphatic carbocycles. The number of aromatic nitrogens is 5. The molecule has 3 aromatic rings. The Hall–Kier alpha value is -2.70. The van der Waals surface area contributed by atoms with Crippen LogP contribution in [0.4, 0.5) is 0 Å². The minimum Gasteiger partial charge on any atom is -0.350 e. The first-order valence-corrected chi connectivity index (χ1v) is 6.87. The largest absolute Gasteiger partial charge is 0.350 e. The van der Waals surface area contributed by atoms with Gasteiger partial charge in [0.15, 0.2) is 0 Å². The van der Waals surface area contributed by atoms with Crippen LogP contribution in [0.2, 0.25) is 0 Å². The summed E-state index contributed by atoms with van der Waals surface area (Å²) in [5.41, 5.74) is 2.34. The van der Waals surface area contributed by atoms with Crippen molar-refractivity contribution in [2.45, 2.75) is 19.9 Å². The predicted octanol–water partition coefficient (Wildman–Crippen LogP) is 0.918. The molecule has 0 bridgehead atoms. The summed E-state index contributed by atoms with van der Waals surface area (Å²) in [4.78, 5) is 16.5. The molecule has 1 N–H and O–H groups in total. The molecule has 0 aliphatic rings. The van der Waals surface area contributed by atoms with Gasteiger partial charge in [-0.05, 0) is 19.1 Å². The third-order valence-electron chi connectivity index (χ3n) is 3.23. The molecule has 0 spiro atoms. The fraction of sp³-hybridized carbons (Fsp3) is 0.286. The SMILES string of the molecule is CCn1nncc1C(=O)NCCc1cn2ccccc2n1. The number of hydrogen-bond donors (Lipinski definition) is 1. The first-order chi connectivity index (χ1) is 10.3. The van der Waals surface area contributed by atoms with Crippen LogP contribution in [0, 0.1) is 0 Å². The molecular formula is C14H16N6O. The van der Waals surface area contributed by atoms with Gasteiger partial charge in [0, 0.05) is 31.9 Å². The number of carbonyl (C=O) groups excluding carboxylic acids is 1. The lowest BCUT2D eigenvalue weighted by atomic mass is 10.3. The lowest BCUT2D eigenvalue weighted by molar-refractivity contribution is 0.0943. The van der Waals surface area contributed by atoms with Crippen molar-refractivity contribution < 1.29 is 4.79 Å². The Bertz CT molecular complexity index is 727. The van der Waals surface area contributed by atoms with E-state index >= 15 is 0 Å². The highest BCUT2D eigenvalue weighted by molar-refractivity contribution is 5.92. The predicted molar refractivity (Wildman–Crippen MR) is 76.9 cm³/mol. The second kappa shape index (κ2) is 5.74. The zero-order chi connectivity index (χ0) is 14.7. The van der Waals surface area contributed by atoms with E-state index in [9.17, 15) is 4.79 Å². The van der Waals surface area contributed by atoms with Crippen LogP contribution in [0.5, 0.6) is 0 Å². The van der Waals surface area contributed by atoms with Crippen molar-refractivity contribution in [3.8, 4) is 0 Å². The number of pyridine rings is 1. The molecule has 3 aromatic heterocycles. The minimum atomic E-state index is -0.161. The van der Waals surface area contributed by atoms with Crippen LogP contribution in [0.1, 0.15) is 23.1 Å². The molecule has 7 heteroatoms. The van der Waals surface area contributed by atoms with Gasteiger partial charge in [-0.3, -0.25) is 4.79 Å². The lowest BCUT2D eigenvalue weighted by Gasteiger charge is -2.04. The van der Waals surface area contributed by atoms with Gasteiger partial charge >= 0.3 is 0 Å². The molecule has 3 rings (SSSR count). The molecule has 0 saturated heterocycles. The van der Waals surface area contributed by atoms with Gasteiger partial charge in [0.2, 0.25) is 0 Å². The second-order valence-electron chi connectivity index (χ2n) is 4.64. The van der Waals surface area contributed by atoms with Crippen LogP contribution in [0.3, 0.4) is 0 Å². The van der Waals surface area contributed by atoms with Gasteiger partial charge in [-0.2, -0.15) is 0 Å². The molecule has 108 valence electrons. The Morgan fingerprint density at radius 2 is 2.29 bits per heavy atom. The van der Waals surface area contributed by atoms with Crippen LogP contribution < -0.4 is 5.32 Å². The molecule has 0 radical (unpaired) electrons. The molecule has 7 nitrogen and oxygen atoms in total. The number of carbonyl (C=O) groups is 1. The summed E-state index contributed by atoms with van der Waals surface area (Å²) in [7, 11) is 0. The van der Waals surface area contributed by atoms with Gasteiger partial charge in [0.1, 0.15) is 11.3 Å². The highest BCUT2D eigenvalue weighted by atomic mass is 16.2. The van der Waals surface area contributed by atoms with E-state index in [4.69, 9.17) is 0 Å². The number of fused-ring (bicyclic) bond motifs is 1. The van der Waals surface area contributed by atoms with Crippen LogP contribution in [-0.2, 0) is 13.0 Å². The van der Waals surface area contributed by atoms with Crippen LogP contribution in [0.25, 0.3) is 5.65 Å². The molecule has 1 amide bonds. The molecule has 21 heavy (non-hydrogen) atoms. The Morgan fingerprint density at radius 3 is 3.10 bits per heavy atom. The van der Waals surface area contributed by atoms with E-state index in [2.05, 4.69) is 20.6 Å². The highest BCUT2D eigenvalue weighted by Crippen LogP contribution is 2.04. The highest BCUT2D eigenvalue weighted by Gasteiger charge is 2.11. The fourth-order valence-corrected chi connectivity index (χ4v) is 2.17. The summed E-state index contributed by atoms with van der Waals surface area (Å²) in [5.74, 6) is -0.161. The normalized spacial score (nSPS) is 10.9. The number of imidazole rings is 1. The number of nitrogens with zero attached hydrogens (tertiary/aromatic N) is 5. The van der Waals surface area contributed by atoms with Gasteiger partial charge < -0.3 is 9.72 Å². The summed E-state index contributed by atoms with van der Waals surface area (Å²) in [6, 6.07) is 5.86. The van der Waals surface area contributed by atoms with Crippen molar-refractivity contribution in [1.29, 1.82) is 0 Å². The number of hydrogen-bond acceptors (Lipinski definition) is 4. The summed E-state index contributed by atoms with van der Waals surface area (Å²) >= 11 is 0. The molecule has 0 atom stereocenters. The van der Waals surface area contributed by atoms with E-state index in [-0.39, 0.29) is 5.91 Å². The second-order valence-corrected chi connectivity index (χ2v) is 4.64. The molecule has 3 heterocycles. The van der Waals surface area contributed by atoms with Gasteiger partial charge in [-0.1, -0.05) is 11.3 Å². The third-order valence-corrected chi connectivity index (χ3v) is 3.23. The zero-order valence-electron chi connectivity index (χ0n) is 11.7. The molecular weight excluding hydrogens is 268 g/mol. The van der Waals surface area contributed by atoms with Crippen LogP contribution in [0.15, 0.2) is 36.8 Å². The summed E-state index contributed by atoms with van der Waals surface area (Å²) in [6.45, 7) is 3.06. The molecule has 0 unspecified atom stereocenters. The molecule has 0 aromatic carbocycles. The fourth-order valence-electron chi connectivity index (χ4n) is 2.17. The van der Waals surface area contributed by atoms with Crippen molar-refractivity contribution in [3.05, 3.63) is 48.2 Å². The Kier molecular flexibility index (Phi) is 3.63. The number of aryl methyl sites for hydroxylation is 1. The van der Waals surface area contributed by atoms with Crippen molar-refractivity contribution in [2.75, 3.05) is 6.54 Å². The summed E-state index contributed by atoms with van der Waals surface area (Å²) in [5, 5.41) is 10.5. The average Bonchev–Trinajstić information content (AvgIpc) is 3.12. The van der Waals surface area contributed by atoms with E-state index < -0.39 is 0 Å². The van der Waals surface area contributed by atoms with Gasteiger partial charge in [0.25, 0.3) is 5.91 Å². The van der Waals surface area contributed by atoms with E-state index in [0.29, 0.717) is 25.2 Å². The number of rotatable bonds is 5. The topological polar surface area (TPSA) is 77.1 Å². The number of amides is 1. The van der Waals surface area contributed by atoms with Crippen LogP contribution >= 0.6 is 0 Å². The van der Waals surface area contributed by atoms with E-state index in [1.54, 1.807) is 4.68 Å². The van der Waals surface area contributed by atoms with Gasteiger partial charge in [-0.25, -0.2) is 9.67 Å². The van der Waals surface area contributed by atoms with Crippen molar-refractivity contribution >= 4 is 11.6 Å². The van der Waals surface area contributed by atoms with Gasteiger partial charge in [-0.15, -0.1) is 5.10 Å². The van der Waals surface area contributed by atoms with E-state index in [1.807, 2.05) is 41.9 Å². The maximum atomic E-state index is 12.0. The smallest absolute Gasteiger partial charge is 0.271 e. The van der Waals surface area contributed by atoms with Crippen molar-refractivity contribution in [2.24, 2.45) is 0 Å². The quantitative estimate of drug-likeness (QED) is 0.755. The average molecular weight is 284 g/mol. The Labute approximate surface area is 121 Å². The summed E-state index contributed by atoms with van der Waals surface area (Å²) in [6.07, 6.45) is 6.08. The first-order valence-electron chi connectivity index (χ1n) is 6.87. The minimum absolute atomic E-state index is 0.161. The third kappa shape index (κ3) is 2.76. The Balaban J connectivity index is 1.59. The lowest BCUT2D eigenvalue weighted by Crippen LogP contribution is -2.28. The maximum absolute atomic E-state index is 12.0. The Morgan fingerprint density at radius 1 is 1.38 bits per heavy atom. The first kappa shape index (κ1) is 13.3. The van der Waals surface area contributed by atoms with Crippen molar-refractivity contribution in [1.82, 2.24) is 29.7 Å². The van der Waals surface area contributed by atoms with Gasteiger partial charge in [0.05, 0.1) is 11.9 Å². The molecule has 0 aliphatic heterocycles. The van der Waals surface area contributed by atoms with Crippen molar-refractivity contribution in [3.63, 3.8) is 0 Å². The molecule has 0 fully saturated rings. The molecule has 0 saturated carbocycles. The maximum Gasteiger partial charge on any atom is 0.271 e. The van der Waals surface area contributed by atoms with E-state index in [1.165, 1.54) is 6.20 Å². The van der Waals surface area contributed by atoms with E-state index in [0.717, 1.165) is 11.3 Å². The number of nitrogens with one attached hydrogen (secondary N) is 1. The van der Waals surface area contributed by atoms with Crippen LogP contribution in [-0.4, -0.2) is 36.8 Å². The monoisotopic (exact) mass is 284 g/mol. The standard InChI is InChI=1S/C14H16N6O/c1-2-20-12(9-16-18-20)14(21)15-7-6-11-10-19-8-4-3-5-13(19)17-11/h3-5,8-10H,2,6-7H2,1H3,(H,15,21). The zero-order valence-corrected chi connectivity index (χ0v) is 11.7.